The summed E-state index contributed by atoms with van der Waals surface area (Å²) < 4.78 is 11.0. The molecule has 2 heterocycles. The van der Waals surface area contributed by atoms with E-state index in [1.54, 1.807) is 18.2 Å². The van der Waals surface area contributed by atoms with Crippen LogP contribution in [-0.4, -0.2) is 40.1 Å². The van der Waals surface area contributed by atoms with Crippen LogP contribution in [0.5, 0.6) is 11.5 Å². The largest absolute Gasteiger partial charge is 0.486 e. The van der Waals surface area contributed by atoms with E-state index in [0.29, 0.717) is 30.3 Å². The van der Waals surface area contributed by atoms with Crippen LogP contribution in [0.2, 0.25) is 0 Å². The van der Waals surface area contributed by atoms with Crippen LogP contribution in [0.25, 0.3) is 11.3 Å². The first-order chi connectivity index (χ1) is 14.6. The molecule has 2 aromatic carbocycles. The number of benzene rings is 2. The number of nitrogens with one attached hydrogen (secondary N) is 2. The van der Waals surface area contributed by atoms with Crippen molar-refractivity contribution in [2.24, 2.45) is 0 Å². The number of fused-ring (bicyclic) bond motifs is 1. The van der Waals surface area contributed by atoms with E-state index in [-0.39, 0.29) is 34.1 Å². The first-order valence-electron chi connectivity index (χ1n) is 9.44. The zero-order valence-corrected chi connectivity index (χ0v) is 17.1. The lowest BCUT2D eigenvalue weighted by Crippen LogP contribution is -2.28. The van der Waals surface area contributed by atoms with E-state index in [1.807, 2.05) is 37.3 Å². The molecular weight excluding hydrogens is 404 g/mol. The smallest absolute Gasteiger partial charge is 0.278 e. The maximum absolute atomic E-state index is 12.5. The number of ether oxygens (including phenoxy) is 2. The van der Waals surface area contributed by atoms with Crippen LogP contribution >= 0.6 is 11.8 Å². The third kappa shape index (κ3) is 4.62. The van der Waals surface area contributed by atoms with Gasteiger partial charge < -0.3 is 14.8 Å². The first-order valence-corrected chi connectivity index (χ1v) is 10.4. The number of H-pyrrole nitrogens is 1. The van der Waals surface area contributed by atoms with E-state index < -0.39 is 0 Å². The Morgan fingerprint density at radius 1 is 1.13 bits per heavy atom. The molecule has 0 saturated carbocycles. The van der Waals surface area contributed by atoms with Gasteiger partial charge in [0, 0.05) is 5.56 Å². The SMILES string of the molecule is C[C@@H](NC(=O)CSc1nnc(-c2ccc3c(c2)OCCO3)c(=O)[nH]1)c1ccccc1. The Kier molecular flexibility index (Phi) is 5.99. The number of hydrogen-bond donors (Lipinski definition) is 2. The van der Waals surface area contributed by atoms with Crippen molar-refractivity contribution >= 4 is 17.7 Å². The van der Waals surface area contributed by atoms with Gasteiger partial charge in [0.25, 0.3) is 5.56 Å². The lowest BCUT2D eigenvalue weighted by molar-refractivity contribution is -0.119. The van der Waals surface area contributed by atoms with Gasteiger partial charge in [-0.2, -0.15) is 0 Å². The number of carbonyl (C=O) groups excluding carboxylic acids is 1. The Morgan fingerprint density at radius 2 is 1.90 bits per heavy atom. The highest BCUT2D eigenvalue weighted by atomic mass is 32.2. The summed E-state index contributed by atoms with van der Waals surface area (Å²) in [6, 6.07) is 14.8. The summed E-state index contributed by atoms with van der Waals surface area (Å²) in [5.41, 5.74) is 1.40. The van der Waals surface area contributed by atoms with Gasteiger partial charge in [0.15, 0.2) is 22.3 Å². The van der Waals surface area contributed by atoms with Gasteiger partial charge in [-0.15, -0.1) is 10.2 Å². The lowest BCUT2D eigenvalue weighted by Gasteiger charge is -2.18. The minimum atomic E-state index is -0.387. The molecule has 8 nitrogen and oxygen atoms in total. The third-order valence-electron chi connectivity index (χ3n) is 4.51. The van der Waals surface area contributed by atoms with E-state index in [0.717, 1.165) is 17.3 Å². The predicted octanol–water partition coefficient (Wildman–Crippen LogP) is 2.57. The molecule has 1 atom stereocenters. The second-order valence-corrected chi connectivity index (χ2v) is 7.62. The summed E-state index contributed by atoms with van der Waals surface area (Å²) in [6.07, 6.45) is 0. The van der Waals surface area contributed by atoms with Crippen molar-refractivity contribution in [3.05, 3.63) is 64.4 Å². The van der Waals surface area contributed by atoms with Crippen LogP contribution in [-0.2, 0) is 4.79 Å². The van der Waals surface area contributed by atoms with Crippen molar-refractivity contribution in [1.29, 1.82) is 0 Å². The number of amides is 1. The van der Waals surface area contributed by atoms with Crippen LogP contribution in [0.3, 0.4) is 0 Å². The molecule has 0 aliphatic carbocycles. The number of aromatic amines is 1. The molecule has 0 fully saturated rings. The van der Waals surface area contributed by atoms with Gasteiger partial charge in [-0.3, -0.25) is 14.6 Å². The first kappa shape index (κ1) is 20.0. The van der Waals surface area contributed by atoms with Gasteiger partial charge in [-0.05, 0) is 30.7 Å². The fraction of sp³-hybridized carbons (Fsp3) is 0.238. The minimum absolute atomic E-state index is 0.109. The Balaban J connectivity index is 1.39. The summed E-state index contributed by atoms with van der Waals surface area (Å²) in [5, 5.41) is 11.3. The van der Waals surface area contributed by atoms with Crippen molar-refractivity contribution in [3.63, 3.8) is 0 Å². The lowest BCUT2D eigenvalue weighted by atomic mass is 10.1. The highest BCUT2D eigenvalue weighted by Crippen LogP contribution is 2.33. The molecule has 1 amide bonds. The van der Waals surface area contributed by atoms with Gasteiger partial charge in [0.1, 0.15) is 13.2 Å². The fourth-order valence-corrected chi connectivity index (χ4v) is 3.62. The minimum Gasteiger partial charge on any atom is -0.486 e. The van der Waals surface area contributed by atoms with E-state index in [1.165, 1.54) is 0 Å². The molecule has 0 spiro atoms. The molecule has 0 radical (unpaired) electrons. The van der Waals surface area contributed by atoms with Crippen LogP contribution in [0.4, 0.5) is 0 Å². The highest BCUT2D eigenvalue weighted by Gasteiger charge is 2.16. The second kappa shape index (κ2) is 9.00. The molecule has 1 aromatic heterocycles. The zero-order valence-electron chi connectivity index (χ0n) is 16.3. The van der Waals surface area contributed by atoms with Gasteiger partial charge in [-0.1, -0.05) is 42.1 Å². The van der Waals surface area contributed by atoms with E-state index >= 15 is 0 Å². The summed E-state index contributed by atoms with van der Waals surface area (Å²) in [7, 11) is 0. The molecule has 3 aromatic rings. The molecule has 0 bridgehead atoms. The van der Waals surface area contributed by atoms with E-state index in [2.05, 4.69) is 20.5 Å². The summed E-state index contributed by atoms with van der Waals surface area (Å²) in [6.45, 7) is 2.87. The van der Waals surface area contributed by atoms with Gasteiger partial charge >= 0.3 is 0 Å². The molecule has 1 aliphatic rings. The average Bonchev–Trinajstić information content (AvgIpc) is 2.78. The van der Waals surface area contributed by atoms with Crippen LogP contribution in [0.15, 0.2) is 58.5 Å². The summed E-state index contributed by atoms with van der Waals surface area (Å²) in [4.78, 5) is 27.4. The number of rotatable bonds is 6. The van der Waals surface area contributed by atoms with Crippen molar-refractivity contribution < 1.29 is 14.3 Å². The van der Waals surface area contributed by atoms with Crippen LogP contribution in [0.1, 0.15) is 18.5 Å². The molecule has 154 valence electrons. The van der Waals surface area contributed by atoms with Gasteiger partial charge in [0.05, 0.1) is 11.8 Å². The molecule has 1 aliphatic heterocycles. The Bertz CT molecular complexity index is 1100. The van der Waals surface area contributed by atoms with Crippen molar-refractivity contribution in [1.82, 2.24) is 20.5 Å². The summed E-state index contributed by atoms with van der Waals surface area (Å²) >= 11 is 1.12. The maximum atomic E-state index is 12.5. The van der Waals surface area contributed by atoms with E-state index in [9.17, 15) is 9.59 Å². The number of hydrogen-bond acceptors (Lipinski definition) is 7. The Morgan fingerprint density at radius 3 is 2.67 bits per heavy atom. The zero-order chi connectivity index (χ0) is 20.9. The Labute approximate surface area is 177 Å². The second-order valence-electron chi connectivity index (χ2n) is 6.65. The topological polar surface area (TPSA) is 106 Å². The number of nitrogens with zero attached hydrogens (tertiary/aromatic N) is 2. The summed E-state index contributed by atoms with van der Waals surface area (Å²) in [5.74, 6) is 1.17. The van der Waals surface area contributed by atoms with Gasteiger partial charge in [0.2, 0.25) is 5.91 Å². The quantitative estimate of drug-likeness (QED) is 0.586. The van der Waals surface area contributed by atoms with Crippen molar-refractivity contribution in [2.75, 3.05) is 19.0 Å². The molecule has 4 rings (SSSR count). The van der Waals surface area contributed by atoms with Gasteiger partial charge in [-0.25, -0.2) is 0 Å². The fourth-order valence-electron chi connectivity index (χ4n) is 3.01. The molecule has 9 heteroatoms. The van der Waals surface area contributed by atoms with Crippen LogP contribution in [0, 0.1) is 0 Å². The standard InChI is InChI=1S/C21H20N4O4S/c1-13(14-5-3-2-4-6-14)22-18(26)12-30-21-23-20(27)19(24-25-21)15-7-8-16-17(11-15)29-10-9-28-16/h2-8,11,13H,9-10,12H2,1H3,(H,22,26)(H,23,25,27)/t13-/m1/s1. The highest BCUT2D eigenvalue weighted by molar-refractivity contribution is 7.99. The van der Waals surface area contributed by atoms with Crippen LogP contribution < -0.4 is 20.3 Å². The van der Waals surface area contributed by atoms with Crippen molar-refractivity contribution in [3.8, 4) is 22.8 Å². The average molecular weight is 424 g/mol. The maximum Gasteiger partial charge on any atom is 0.278 e. The molecular formula is C21H20N4O4S. The normalized spacial score (nSPS) is 13.5. The van der Waals surface area contributed by atoms with Crippen molar-refractivity contribution in [2.45, 2.75) is 18.1 Å². The number of carbonyl (C=O) groups is 1. The third-order valence-corrected chi connectivity index (χ3v) is 5.37. The number of thioether (sulfide) groups is 1. The molecule has 2 N–H and O–H groups in total. The monoisotopic (exact) mass is 424 g/mol. The molecule has 0 saturated heterocycles. The molecule has 0 unspecified atom stereocenters. The number of aromatic nitrogens is 3. The molecule has 30 heavy (non-hydrogen) atoms. The van der Waals surface area contributed by atoms with E-state index in [4.69, 9.17) is 9.47 Å². The predicted molar refractivity (Wildman–Crippen MR) is 113 cm³/mol. The Hall–Kier alpha value is -3.33.